The molecule has 2 aromatic rings. The molecule has 0 saturated carbocycles. The highest BCUT2D eigenvalue weighted by molar-refractivity contribution is 5.79. The molecule has 6 heteroatoms. The van der Waals surface area contributed by atoms with Crippen LogP contribution in [0.1, 0.15) is 49.1 Å². The number of carbonyl (C=O) groups excluding carboxylic acids is 1. The van der Waals surface area contributed by atoms with E-state index < -0.39 is 0 Å². The lowest BCUT2D eigenvalue weighted by Crippen LogP contribution is -2.51. The van der Waals surface area contributed by atoms with Gasteiger partial charge in [0, 0.05) is 30.0 Å². The number of rotatable bonds is 5. The van der Waals surface area contributed by atoms with Gasteiger partial charge >= 0.3 is 0 Å². The molecule has 2 atom stereocenters. The molecule has 2 saturated heterocycles. The first-order valence-electron chi connectivity index (χ1n) is 10.6. The summed E-state index contributed by atoms with van der Waals surface area (Å²) in [5.41, 5.74) is 2.89. The third-order valence-corrected chi connectivity index (χ3v) is 6.43. The van der Waals surface area contributed by atoms with Crippen molar-refractivity contribution in [3.05, 3.63) is 41.3 Å². The zero-order valence-corrected chi connectivity index (χ0v) is 17.0. The van der Waals surface area contributed by atoms with Gasteiger partial charge in [0.2, 0.25) is 5.91 Å². The Morgan fingerprint density at radius 3 is 2.86 bits per heavy atom. The third kappa shape index (κ3) is 3.97. The second-order valence-corrected chi connectivity index (χ2v) is 8.23. The summed E-state index contributed by atoms with van der Waals surface area (Å²) in [7, 11) is 0. The number of aromatic nitrogens is 3. The molecule has 2 fully saturated rings. The van der Waals surface area contributed by atoms with Crippen LogP contribution in [0.2, 0.25) is 0 Å². The van der Waals surface area contributed by atoms with Gasteiger partial charge in [-0.05, 0) is 70.7 Å². The molecule has 4 rings (SSSR count). The van der Waals surface area contributed by atoms with E-state index in [-0.39, 0.29) is 5.91 Å². The van der Waals surface area contributed by atoms with Crippen molar-refractivity contribution in [2.24, 2.45) is 5.92 Å². The van der Waals surface area contributed by atoms with Crippen molar-refractivity contribution in [3.8, 4) is 5.82 Å². The number of nitrogens with zero attached hydrogens (tertiary/aromatic N) is 4. The number of hydrogen-bond donors (Lipinski definition) is 1. The Labute approximate surface area is 167 Å². The summed E-state index contributed by atoms with van der Waals surface area (Å²) in [5.74, 6) is 1.48. The molecule has 1 amide bonds. The first-order valence-corrected chi connectivity index (χ1v) is 10.6. The van der Waals surface area contributed by atoms with Gasteiger partial charge < -0.3 is 10.2 Å². The van der Waals surface area contributed by atoms with Crippen molar-refractivity contribution in [1.29, 1.82) is 0 Å². The largest absolute Gasteiger partial charge is 0.355 e. The number of fused-ring (bicyclic) bond motifs is 1. The Hall–Kier alpha value is -2.21. The first-order chi connectivity index (χ1) is 13.6. The van der Waals surface area contributed by atoms with Crippen molar-refractivity contribution < 1.29 is 4.79 Å². The van der Waals surface area contributed by atoms with Crippen LogP contribution in [0.15, 0.2) is 24.4 Å². The Kier molecular flexibility index (Phi) is 5.76. The molecule has 6 nitrogen and oxygen atoms in total. The Bertz CT molecular complexity index is 814. The summed E-state index contributed by atoms with van der Waals surface area (Å²) in [6, 6.07) is 6.44. The summed E-state index contributed by atoms with van der Waals surface area (Å²) in [6.45, 7) is 7.25. The number of hydrogen-bond acceptors (Lipinski definition) is 4. The fourth-order valence-corrected chi connectivity index (χ4v) is 4.92. The lowest BCUT2D eigenvalue weighted by Gasteiger charge is -2.44. The summed E-state index contributed by atoms with van der Waals surface area (Å²) in [5, 5.41) is 7.82. The minimum atomic E-state index is 0.0969. The highest BCUT2D eigenvalue weighted by Gasteiger charge is 2.33. The number of amides is 1. The van der Waals surface area contributed by atoms with Gasteiger partial charge in [0.1, 0.15) is 0 Å². The number of nitrogens with one attached hydrogen (secondary N) is 1. The van der Waals surface area contributed by atoms with E-state index >= 15 is 0 Å². The molecule has 28 heavy (non-hydrogen) atoms. The van der Waals surface area contributed by atoms with Gasteiger partial charge in [-0.1, -0.05) is 12.5 Å². The standard InChI is InChI=1S/C22H31N5O/c1-16-19(17(2)27(25-16)21-10-3-5-11-23-21)14-22(28)24-15-18-8-7-13-26-12-6-4-9-20(18)26/h3,5,10-11,18,20H,4,6-9,12-15H2,1-2H3,(H,24,28)/t18-,20?/m0/s1. The molecule has 0 bridgehead atoms. The SMILES string of the molecule is Cc1nn(-c2ccccn2)c(C)c1CC(=O)NC[C@@H]1CCCN2CCCCC12. The van der Waals surface area contributed by atoms with E-state index in [1.807, 2.05) is 36.7 Å². The number of aryl methyl sites for hydroxylation is 1. The maximum atomic E-state index is 12.7. The highest BCUT2D eigenvalue weighted by Crippen LogP contribution is 2.30. The van der Waals surface area contributed by atoms with E-state index in [4.69, 9.17) is 0 Å². The van der Waals surface area contributed by atoms with Gasteiger partial charge in [-0.2, -0.15) is 5.10 Å². The maximum Gasteiger partial charge on any atom is 0.224 e. The quantitative estimate of drug-likeness (QED) is 0.865. The summed E-state index contributed by atoms with van der Waals surface area (Å²) >= 11 is 0. The molecular formula is C22H31N5O. The summed E-state index contributed by atoms with van der Waals surface area (Å²) in [6.07, 6.45) is 8.58. The molecule has 0 aliphatic carbocycles. The zero-order valence-electron chi connectivity index (χ0n) is 17.0. The maximum absolute atomic E-state index is 12.7. The van der Waals surface area contributed by atoms with Crippen molar-refractivity contribution in [2.75, 3.05) is 19.6 Å². The minimum Gasteiger partial charge on any atom is -0.355 e. The second-order valence-electron chi connectivity index (χ2n) is 8.23. The summed E-state index contributed by atoms with van der Waals surface area (Å²) in [4.78, 5) is 19.7. The van der Waals surface area contributed by atoms with Crippen molar-refractivity contribution in [1.82, 2.24) is 25.0 Å². The molecule has 2 aliphatic rings. The average Bonchev–Trinajstić information content (AvgIpc) is 3.01. The van der Waals surface area contributed by atoms with Crippen LogP contribution < -0.4 is 5.32 Å². The molecular weight excluding hydrogens is 350 g/mol. The van der Waals surface area contributed by atoms with E-state index in [1.165, 1.54) is 45.2 Å². The highest BCUT2D eigenvalue weighted by atomic mass is 16.1. The second kappa shape index (κ2) is 8.43. The molecule has 0 radical (unpaired) electrons. The molecule has 4 heterocycles. The van der Waals surface area contributed by atoms with Crippen molar-refractivity contribution in [2.45, 2.75) is 58.4 Å². The van der Waals surface area contributed by atoms with Crippen LogP contribution in [0.3, 0.4) is 0 Å². The molecule has 2 aromatic heterocycles. The molecule has 1 N–H and O–H groups in total. The van der Waals surface area contributed by atoms with Gasteiger partial charge in [-0.3, -0.25) is 4.79 Å². The molecule has 0 aromatic carbocycles. The van der Waals surface area contributed by atoms with E-state index in [9.17, 15) is 4.79 Å². The summed E-state index contributed by atoms with van der Waals surface area (Å²) < 4.78 is 1.83. The Balaban J connectivity index is 1.38. The van der Waals surface area contributed by atoms with Crippen LogP contribution in [0.4, 0.5) is 0 Å². The lowest BCUT2D eigenvalue weighted by molar-refractivity contribution is -0.120. The smallest absolute Gasteiger partial charge is 0.224 e. The molecule has 150 valence electrons. The van der Waals surface area contributed by atoms with E-state index in [0.29, 0.717) is 18.4 Å². The van der Waals surface area contributed by atoms with Gasteiger partial charge in [-0.15, -0.1) is 0 Å². The fourth-order valence-electron chi connectivity index (χ4n) is 4.92. The Morgan fingerprint density at radius 2 is 2.04 bits per heavy atom. The van der Waals surface area contributed by atoms with Crippen LogP contribution in [-0.2, 0) is 11.2 Å². The number of carbonyl (C=O) groups is 1. The van der Waals surface area contributed by atoms with Crippen LogP contribution in [-0.4, -0.2) is 51.2 Å². The first kappa shape index (κ1) is 19.1. The van der Waals surface area contributed by atoms with Crippen LogP contribution in [0, 0.1) is 19.8 Å². The van der Waals surface area contributed by atoms with Crippen LogP contribution in [0.25, 0.3) is 5.82 Å². The molecule has 2 aliphatic heterocycles. The predicted molar refractivity (Wildman–Crippen MR) is 109 cm³/mol. The topological polar surface area (TPSA) is 63.1 Å². The van der Waals surface area contributed by atoms with E-state index in [1.54, 1.807) is 6.20 Å². The third-order valence-electron chi connectivity index (χ3n) is 6.43. The molecule has 0 spiro atoms. The van der Waals surface area contributed by atoms with Gasteiger partial charge in [0.25, 0.3) is 0 Å². The normalized spacial score (nSPS) is 22.6. The van der Waals surface area contributed by atoms with Crippen molar-refractivity contribution in [3.63, 3.8) is 0 Å². The fraction of sp³-hybridized carbons (Fsp3) is 0.591. The predicted octanol–water partition coefficient (Wildman–Crippen LogP) is 2.81. The van der Waals surface area contributed by atoms with Crippen molar-refractivity contribution >= 4 is 5.91 Å². The number of piperidine rings is 2. The molecule has 1 unspecified atom stereocenters. The number of pyridine rings is 1. The minimum absolute atomic E-state index is 0.0969. The van der Waals surface area contributed by atoms with Crippen LogP contribution in [0.5, 0.6) is 0 Å². The van der Waals surface area contributed by atoms with E-state index in [2.05, 4.69) is 20.3 Å². The monoisotopic (exact) mass is 381 g/mol. The van der Waals surface area contributed by atoms with Gasteiger partial charge in [0.05, 0.1) is 12.1 Å². The average molecular weight is 382 g/mol. The van der Waals surface area contributed by atoms with E-state index in [0.717, 1.165) is 29.3 Å². The zero-order chi connectivity index (χ0) is 19.5. The Morgan fingerprint density at radius 1 is 1.18 bits per heavy atom. The lowest BCUT2D eigenvalue weighted by atomic mass is 9.83. The van der Waals surface area contributed by atoms with Gasteiger partial charge in [0.15, 0.2) is 5.82 Å². The van der Waals surface area contributed by atoms with Crippen LogP contribution >= 0.6 is 0 Å². The van der Waals surface area contributed by atoms with Gasteiger partial charge in [-0.25, -0.2) is 9.67 Å².